The van der Waals surface area contributed by atoms with E-state index in [0.717, 1.165) is 48.6 Å². The van der Waals surface area contributed by atoms with Gasteiger partial charge >= 0.3 is 6.03 Å². The Morgan fingerprint density at radius 1 is 1.18 bits per heavy atom. The summed E-state index contributed by atoms with van der Waals surface area (Å²) in [6.07, 6.45) is 1.42. The van der Waals surface area contributed by atoms with Crippen LogP contribution in [0.3, 0.4) is 0 Å². The Balaban J connectivity index is 0.000000252. The number of amides is 2. The molecule has 4 N–H and O–H groups in total. The number of hydrogen-bond donors (Lipinski definition) is 3. The highest BCUT2D eigenvalue weighted by Crippen LogP contribution is 2.28. The van der Waals surface area contributed by atoms with Gasteiger partial charge in [0.05, 0.1) is 18.0 Å². The number of benzene rings is 2. The topological polar surface area (TPSA) is 106 Å². The van der Waals surface area contributed by atoms with Crippen molar-refractivity contribution >= 4 is 11.8 Å². The molecule has 38 heavy (non-hydrogen) atoms. The molecular formula is C28H39F2N5O3. The van der Waals surface area contributed by atoms with Gasteiger partial charge in [-0.2, -0.15) is 5.10 Å². The maximum absolute atomic E-state index is 13.1. The predicted molar refractivity (Wildman–Crippen MR) is 146 cm³/mol. The number of carbonyl (C=O) groups excluding carboxylic acids is 1. The number of methoxy groups -OCH3 is 1. The van der Waals surface area contributed by atoms with Crippen molar-refractivity contribution < 1.29 is 23.4 Å². The molecule has 1 aliphatic heterocycles. The molecule has 1 aromatic heterocycles. The molecule has 4 rings (SSSR count). The molecule has 2 heterocycles. The summed E-state index contributed by atoms with van der Waals surface area (Å²) in [5.74, 6) is -0.690. The van der Waals surface area contributed by atoms with Gasteiger partial charge in [0.25, 0.3) is 0 Å². The van der Waals surface area contributed by atoms with Gasteiger partial charge in [-0.05, 0) is 55.6 Å². The van der Waals surface area contributed by atoms with E-state index in [2.05, 4.69) is 15.3 Å². The number of likely N-dealkylation sites (tertiary alicyclic amines) is 1. The zero-order valence-corrected chi connectivity index (χ0v) is 22.6. The molecule has 1 fully saturated rings. The number of hydrogen-bond acceptors (Lipinski definition) is 5. The average Bonchev–Trinajstić information content (AvgIpc) is 3.52. The van der Waals surface area contributed by atoms with Gasteiger partial charge in [0, 0.05) is 38.8 Å². The molecule has 3 aromatic rings. The number of ether oxygens (including phenoxy) is 1. The van der Waals surface area contributed by atoms with Gasteiger partial charge in [-0.25, -0.2) is 18.3 Å². The van der Waals surface area contributed by atoms with E-state index in [-0.39, 0.29) is 6.61 Å². The molecule has 0 bridgehead atoms. The van der Waals surface area contributed by atoms with E-state index in [4.69, 9.17) is 15.6 Å². The van der Waals surface area contributed by atoms with Crippen LogP contribution >= 0.6 is 0 Å². The molecule has 208 valence electrons. The van der Waals surface area contributed by atoms with Crippen LogP contribution in [0.15, 0.2) is 48.5 Å². The van der Waals surface area contributed by atoms with E-state index in [1.807, 2.05) is 51.1 Å². The van der Waals surface area contributed by atoms with Gasteiger partial charge in [0.2, 0.25) is 0 Å². The van der Waals surface area contributed by atoms with Crippen molar-refractivity contribution in [3.05, 3.63) is 77.0 Å². The Bertz CT molecular complexity index is 1140. The molecule has 1 atom stereocenters. The van der Waals surface area contributed by atoms with E-state index >= 15 is 0 Å². The summed E-state index contributed by atoms with van der Waals surface area (Å²) in [5.41, 5.74) is 8.43. The Kier molecular flexibility index (Phi) is 12.8. The van der Waals surface area contributed by atoms with Crippen LogP contribution in [0.4, 0.5) is 19.4 Å². The number of halogens is 2. The number of aliphatic hydroxyl groups is 1. The standard InChI is InChI=1S/C13H17F2NO.C13H16N4O2.C2H6/c1-17-7-6-16-5-4-11(9-16)10-2-3-12(14)13(15)8-10;1-9-11(7-8-18)16-17(12(9)15-13(14)19)10-5-3-2-4-6-10;1-2/h2-3,8,11H,4-7,9H2,1H3;2-6,18H,7-8H2,1H3,(H3,14,15,19);1-2H3. The second-order valence-electron chi connectivity index (χ2n) is 8.58. The van der Waals surface area contributed by atoms with E-state index in [1.165, 1.54) is 12.1 Å². The Morgan fingerprint density at radius 3 is 2.50 bits per heavy atom. The lowest BCUT2D eigenvalue weighted by atomic mass is 9.98. The number of urea groups is 1. The normalized spacial score (nSPS) is 14.8. The highest BCUT2D eigenvalue weighted by atomic mass is 19.2. The number of rotatable bonds is 8. The first-order valence-electron chi connectivity index (χ1n) is 12.8. The van der Waals surface area contributed by atoms with Crippen LogP contribution in [-0.2, 0) is 11.2 Å². The molecule has 8 nitrogen and oxygen atoms in total. The summed E-state index contributed by atoms with van der Waals surface area (Å²) < 4.78 is 32.6. The van der Waals surface area contributed by atoms with Crippen LogP contribution in [-0.4, -0.2) is 65.8 Å². The minimum absolute atomic E-state index is 0.00263. The quantitative estimate of drug-likeness (QED) is 0.393. The molecule has 1 unspecified atom stereocenters. The lowest BCUT2D eigenvalue weighted by molar-refractivity contribution is 0.160. The van der Waals surface area contributed by atoms with Gasteiger partial charge in [-0.15, -0.1) is 0 Å². The number of nitrogens with one attached hydrogen (secondary N) is 1. The zero-order valence-electron chi connectivity index (χ0n) is 22.6. The SMILES string of the molecule is CC.COCCN1CCC(c2ccc(F)c(F)c2)C1.Cc1c(CCO)nn(-c2ccccc2)c1NC(N)=O. The van der Waals surface area contributed by atoms with Crippen LogP contribution in [0.2, 0.25) is 0 Å². The Labute approximate surface area is 223 Å². The molecule has 0 radical (unpaired) electrons. The van der Waals surface area contributed by atoms with Crippen LogP contribution in [0.5, 0.6) is 0 Å². The number of para-hydroxylation sites is 1. The predicted octanol–water partition coefficient (Wildman–Crippen LogP) is 4.63. The Morgan fingerprint density at radius 2 is 1.89 bits per heavy atom. The minimum atomic E-state index is -0.775. The first kappa shape index (κ1) is 30.9. The zero-order chi connectivity index (χ0) is 28.1. The lowest BCUT2D eigenvalue weighted by Crippen LogP contribution is -2.24. The van der Waals surface area contributed by atoms with Gasteiger partial charge in [-0.3, -0.25) is 5.32 Å². The monoisotopic (exact) mass is 531 g/mol. The first-order valence-corrected chi connectivity index (χ1v) is 12.8. The number of carbonyl (C=O) groups is 1. The molecule has 2 amide bonds. The number of nitrogens with zero attached hydrogens (tertiary/aromatic N) is 3. The summed E-state index contributed by atoms with van der Waals surface area (Å²) in [4.78, 5) is 13.4. The molecule has 10 heteroatoms. The summed E-state index contributed by atoms with van der Waals surface area (Å²) in [5, 5.41) is 16.0. The highest BCUT2D eigenvalue weighted by molar-refractivity contribution is 5.88. The molecule has 1 aliphatic rings. The molecule has 0 saturated carbocycles. The molecule has 1 saturated heterocycles. The summed E-state index contributed by atoms with van der Waals surface area (Å²) >= 11 is 0. The fourth-order valence-electron chi connectivity index (χ4n) is 4.20. The van der Waals surface area contributed by atoms with Crippen molar-refractivity contribution in [2.75, 3.05) is 45.3 Å². The van der Waals surface area contributed by atoms with E-state index in [0.29, 0.717) is 24.8 Å². The average molecular weight is 532 g/mol. The van der Waals surface area contributed by atoms with Crippen LogP contribution < -0.4 is 11.1 Å². The summed E-state index contributed by atoms with van der Waals surface area (Å²) in [6.45, 7) is 9.34. The van der Waals surface area contributed by atoms with E-state index in [1.54, 1.807) is 17.9 Å². The van der Waals surface area contributed by atoms with Gasteiger partial charge in [0.1, 0.15) is 5.82 Å². The van der Waals surface area contributed by atoms with Crippen molar-refractivity contribution in [1.82, 2.24) is 14.7 Å². The fourth-order valence-corrected chi connectivity index (χ4v) is 4.20. The summed E-state index contributed by atoms with van der Waals surface area (Å²) in [7, 11) is 1.68. The minimum Gasteiger partial charge on any atom is -0.396 e. The van der Waals surface area contributed by atoms with Gasteiger partial charge in [-0.1, -0.05) is 38.1 Å². The maximum Gasteiger partial charge on any atom is 0.317 e. The third-order valence-electron chi connectivity index (χ3n) is 6.11. The number of anilines is 1. The van der Waals surface area contributed by atoms with Crippen molar-refractivity contribution in [2.45, 2.75) is 39.5 Å². The number of primary amides is 1. The fraction of sp³-hybridized carbons (Fsp3) is 0.429. The highest BCUT2D eigenvalue weighted by Gasteiger charge is 2.24. The van der Waals surface area contributed by atoms with Crippen molar-refractivity contribution in [3.63, 3.8) is 0 Å². The van der Waals surface area contributed by atoms with Crippen LogP contribution in [0.1, 0.15) is 43.0 Å². The van der Waals surface area contributed by atoms with Crippen molar-refractivity contribution in [3.8, 4) is 5.69 Å². The smallest absolute Gasteiger partial charge is 0.317 e. The van der Waals surface area contributed by atoms with Crippen LogP contribution in [0, 0.1) is 18.6 Å². The van der Waals surface area contributed by atoms with Gasteiger partial charge in [0.15, 0.2) is 11.6 Å². The molecular weight excluding hydrogens is 492 g/mol. The molecule has 2 aromatic carbocycles. The van der Waals surface area contributed by atoms with Gasteiger partial charge < -0.3 is 20.5 Å². The summed E-state index contributed by atoms with van der Waals surface area (Å²) in [6, 6.07) is 13.0. The van der Waals surface area contributed by atoms with Crippen molar-refractivity contribution in [1.29, 1.82) is 0 Å². The third kappa shape index (κ3) is 8.61. The molecule has 0 spiro atoms. The second-order valence-corrected chi connectivity index (χ2v) is 8.58. The van der Waals surface area contributed by atoms with Crippen molar-refractivity contribution in [2.24, 2.45) is 5.73 Å². The third-order valence-corrected chi connectivity index (χ3v) is 6.11. The number of aliphatic hydroxyl groups excluding tert-OH is 1. The largest absolute Gasteiger partial charge is 0.396 e. The number of aromatic nitrogens is 2. The Hall–Kier alpha value is -3.34. The maximum atomic E-state index is 13.1. The lowest BCUT2D eigenvalue weighted by Gasteiger charge is -2.15. The van der Waals surface area contributed by atoms with Crippen LogP contribution in [0.25, 0.3) is 5.69 Å². The van der Waals surface area contributed by atoms with E-state index in [9.17, 15) is 13.6 Å². The van der Waals surface area contributed by atoms with E-state index < -0.39 is 17.7 Å². The molecule has 0 aliphatic carbocycles. The number of nitrogens with two attached hydrogens (primary N) is 1. The first-order chi connectivity index (χ1) is 18.3. The second kappa shape index (κ2) is 15.8.